The zero-order valence-electron chi connectivity index (χ0n) is 12.4. The summed E-state index contributed by atoms with van der Waals surface area (Å²) in [5, 5.41) is 11.7. The summed E-state index contributed by atoms with van der Waals surface area (Å²) in [6.45, 7) is 4.12. The van der Waals surface area contributed by atoms with Gasteiger partial charge >= 0.3 is 0 Å². The molecule has 1 saturated heterocycles. The van der Waals surface area contributed by atoms with Crippen LogP contribution in [0.25, 0.3) is 0 Å². The number of morpholine rings is 1. The van der Waals surface area contributed by atoms with E-state index in [4.69, 9.17) is 16.3 Å². The highest BCUT2D eigenvalue weighted by molar-refractivity contribution is 6.30. The first-order valence-corrected chi connectivity index (χ1v) is 7.47. The fourth-order valence-electron chi connectivity index (χ4n) is 2.69. The predicted molar refractivity (Wildman–Crippen MR) is 78.9 cm³/mol. The molecule has 2 unspecified atom stereocenters. The van der Waals surface area contributed by atoms with Crippen LogP contribution in [0.2, 0.25) is 5.02 Å². The van der Waals surface area contributed by atoms with E-state index in [0.29, 0.717) is 13.2 Å². The molecular formula is C14H17ClFN5O. The van der Waals surface area contributed by atoms with Crippen molar-refractivity contribution in [1.29, 1.82) is 0 Å². The van der Waals surface area contributed by atoms with Crippen LogP contribution >= 0.6 is 11.6 Å². The number of benzene rings is 1. The summed E-state index contributed by atoms with van der Waals surface area (Å²) in [6, 6.07) is 4.78. The molecule has 3 rings (SSSR count). The van der Waals surface area contributed by atoms with E-state index >= 15 is 0 Å². The molecule has 118 valence electrons. The quantitative estimate of drug-likeness (QED) is 0.865. The third kappa shape index (κ3) is 2.97. The first-order valence-electron chi connectivity index (χ1n) is 7.09. The van der Waals surface area contributed by atoms with E-state index in [0.717, 1.165) is 17.9 Å². The first kappa shape index (κ1) is 15.3. The molecule has 1 aromatic heterocycles. The minimum Gasteiger partial charge on any atom is -0.371 e. The Kier molecular flexibility index (Phi) is 4.37. The van der Waals surface area contributed by atoms with Gasteiger partial charge in [0.1, 0.15) is 5.82 Å². The normalized spacial score (nSPS) is 21.0. The Morgan fingerprint density at radius 3 is 2.95 bits per heavy atom. The topological polar surface area (TPSA) is 56.1 Å². The minimum atomic E-state index is -0.420. The van der Waals surface area contributed by atoms with E-state index in [-0.39, 0.29) is 17.2 Å². The lowest BCUT2D eigenvalue weighted by molar-refractivity contribution is -0.0446. The molecule has 0 radical (unpaired) electrons. The maximum absolute atomic E-state index is 13.3. The molecule has 8 heteroatoms. The number of nitrogens with zero attached hydrogens (tertiary/aromatic N) is 5. The Hall–Kier alpha value is -1.57. The van der Waals surface area contributed by atoms with Crippen LogP contribution in [0.1, 0.15) is 30.5 Å². The summed E-state index contributed by atoms with van der Waals surface area (Å²) in [4.78, 5) is 2.25. The molecule has 0 amide bonds. The van der Waals surface area contributed by atoms with Gasteiger partial charge < -0.3 is 4.74 Å². The number of halogens is 2. The van der Waals surface area contributed by atoms with Crippen molar-refractivity contribution in [2.75, 3.05) is 19.7 Å². The second-order valence-electron chi connectivity index (χ2n) is 5.36. The van der Waals surface area contributed by atoms with Gasteiger partial charge in [-0.15, -0.1) is 5.10 Å². The molecule has 0 saturated carbocycles. The number of aromatic nitrogens is 4. The molecule has 6 nitrogen and oxygen atoms in total. The molecule has 2 heterocycles. The van der Waals surface area contributed by atoms with Gasteiger partial charge in [-0.2, -0.15) is 0 Å². The smallest absolute Gasteiger partial charge is 0.167 e. The lowest BCUT2D eigenvalue weighted by atomic mass is 10.1. The first-order chi connectivity index (χ1) is 10.6. The Balaban J connectivity index is 1.76. The van der Waals surface area contributed by atoms with Gasteiger partial charge in [-0.3, -0.25) is 4.90 Å². The van der Waals surface area contributed by atoms with Gasteiger partial charge in [0.15, 0.2) is 5.82 Å². The average molecular weight is 326 g/mol. The van der Waals surface area contributed by atoms with E-state index in [1.54, 1.807) is 16.8 Å². The van der Waals surface area contributed by atoms with Crippen molar-refractivity contribution in [2.24, 2.45) is 7.05 Å². The second-order valence-corrected chi connectivity index (χ2v) is 5.77. The van der Waals surface area contributed by atoms with Crippen LogP contribution in [0.3, 0.4) is 0 Å². The lowest BCUT2D eigenvalue weighted by Gasteiger charge is -2.36. The summed E-state index contributed by atoms with van der Waals surface area (Å²) >= 11 is 5.86. The van der Waals surface area contributed by atoms with Crippen molar-refractivity contribution in [3.63, 3.8) is 0 Å². The number of hydrogen-bond acceptors (Lipinski definition) is 5. The maximum Gasteiger partial charge on any atom is 0.167 e. The number of hydrogen-bond donors (Lipinski definition) is 0. The van der Waals surface area contributed by atoms with Gasteiger partial charge in [0.2, 0.25) is 0 Å². The summed E-state index contributed by atoms with van der Waals surface area (Å²) in [5.41, 5.74) is 0.874. The van der Waals surface area contributed by atoms with Gasteiger partial charge in [0.05, 0.1) is 23.8 Å². The van der Waals surface area contributed by atoms with Crippen molar-refractivity contribution in [3.8, 4) is 0 Å². The molecule has 0 spiro atoms. The molecule has 1 fully saturated rings. The number of tetrazole rings is 1. The van der Waals surface area contributed by atoms with E-state index in [9.17, 15) is 4.39 Å². The molecule has 1 aliphatic heterocycles. The molecule has 2 aromatic rings. The Bertz CT molecular complexity index is 664. The zero-order chi connectivity index (χ0) is 15.7. The van der Waals surface area contributed by atoms with Crippen LogP contribution in [0.15, 0.2) is 18.2 Å². The van der Waals surface area contributed by atoms with Gasteiger partial charge in [-0.05, 0) is 35.0 Å². The number of rotatable bonds is 3. The lowest BCUT2D eigenvalue weighted by Crippen LogP contribution is -2.40. The van der Waals surface area contributed by atoms with Crippen molar-refractivity contribution in [3.05, 3.63) is 40.4 Å². The van der Waals surface area contributed by atoms with E-state index in [1.165, 1.54) is 6.07 Å². The molecule has 22 heavy (non-hydrogen) atoms. The van der Waals surface area contributed by atoms with Crippen molar-refractivity contribution < 1.29 is 9.13 Å². The molecule has 0 aliphatic carbocycles. The Morgan fingerprint density at radius 1 is 1.45 bits per heavy atom. The maximum atomic E-state index is 13.3. The molecule has 1 aromatic carbocycles. The monoisotopic (exact) mass is 325 g/mol. The highest BCUT2D eigenvalue weighted by Crippen LogP contribution is 2.29. The second kappa shape index (κ2) is 6.28. The molecule has 0 bridgehead atoms. The summed E-state index contributed by atoms with van der Waals surface area (Å²) in [5.74, 6) is 0.384. The highest BCUT2D eigenvalue weighted by atomic mass is 35.5. The minimum absolute atomic E-state index is 0.0716. The Morgan fingerprint density at radius 2 is 2.27 bits per heavy atom. The fraction of sp³-hybridized carbons (Fsp3) is 0.500. The van der Waals surface area contributed by atoms with Crippen molar-refractivity contribution >= 4 is 11.6 Å². The van der Waals surface area contributed by atoms with Crippen LogP contribution in [0.4, 0.5) is 4.39 Å². The average Bonchev–Trinajstić information content (AvgIpc) is 2.95. The van der Waals surface area contributed by atoms with Gasteiger partial charge in [0, 0.05) is 20.1 Å². The van der Waals surface area contributed by atoms with Crippen LogP contribution in [-0.2, 0) is 11.8 Å². The summed E-state index contributed by atoms with van der Waals surface area (Å²) in [7, 11) is 1.82. The van der Waals surface area contributed by atoms with Crippen LogP contribution in [0, 0.1) is 5.82 Å². The third-order valence-corrected chi connectivity index (χ3v) is 4.28. The largest absolute Gasteiger partial charge is 0.371 e. The van der Waals surface area contributed by atoms with E-state index in [2.05, 4.69) is 27.3 Å². The molecular weight excluding hydrogens is 309 g/mol. The number of ether oxygens (including phenoxy) is 1. The number of aryl methyl sites for hydroxylation is 1. The van der Waals surface area contributed by atoms with E-state index in [1.807, 2.05) is 7.05 Å². The van der Waals surface area contributed by atoms with Crippen LogP contribution < -0.4 is 0 Å². The zero-order valence-corrected chi connectivity index (χ0v) is 13.2. The van der Waals surface area contributed by atoms with Gasteiger partial charge in [-0.1, -0.05) is 17.7 Å². The molecule has 0 N–H and O–H groups in total. The molecule has 1 aliphatic rings. The molecule has 2 atom stereocenters. The summed E-state index contributed by atoms with van der Waals surface area (Å²) < 4.78 is 20.8. The van der Waals surface area contributed by atoms with Crippen molar-refractivity contribution in [2.45, 2.75) is 19.1 Å². The highest BCUT2D eigenvalue weighted by Gasteiger charge is 2.28. The van der Waals surface area contributed by atoms with Crippen LogP contribution in [0.5, 0.6) is 0 Å². The van der Waals surface area contributed by atoms with E-state index < -0.39 is 5.82 Å². The fourth-order valence-corrected chi connectivity index (χ4v) is 2.88. The predicted octanol–water partition coefficient (Wildman–Crippen LogP) is 2.14. The van der Waals surface area contributed by atoms with Crippen molar-refractivity contribution in [1.82, 2.24) is 25.1 Å². The Labute approximate surface area is 132 Å². The van der Waals surface area contributed by atoms with Crippen LogP contribution in [-0.4, -0.2) is 44.8 Å². The summed E-state index contributed by atoms with van der Waals surface area (Å²) in [6.07, 6.45) is -0.143. The standard InChI is InChI=1S/C14H17ClFN5O/c1-9(14-17-18-19-20(14)2)21-5-6-22-13(8-21)10-3-4-12(16)11(15)7-10/h3-4,7,9,13H,5-6,8H2,1-2H3. The SMILES string of the molecule is CC(c1nnnn1C)N1CCOC(c2ccc(F)c(Cl)c2)C1. The van der Waals surface area contributed by atoms with Gasteiger partial charge in [0.25, 0.3) is 0 Å². The van der Waals surface area contributed by atoms with Gasteiger partial charge in [-0.25, -0.2) is 9.07 Å². The third-order valence-electron chi connectivity index (χ3n) is 3.99.